The number of unbranched alkanes of at least 4 members (excludes halogenated alkanes) is 1. The zero-order valence-corrected chi connectivity index (χ0v) is 27.7. The highest BCUT2D eigenvalue weighted by molar-refractivity contribution is 6.74. The minimum absolute atomic E-state index is 0.0201. The number of amides is 1. The van der Waals surface area contributed by atoms with E-state index in [0.29, 0.717) is 24.7 Å². The highest BCUT2D eigenvalue weighted by Crippen LogP contribution is 2.47. The molecule has 1 heterocycles. The normalized spacial score (nSPS) is 27.7. The maximum absolute atomic E-state index is 13.6. The predicted molar refractivity (Wildman–Crippen MR) is 159 cm³/mol. The second-order valence-electron chi connectivity index (χ2n) is 14.5. The Balaban J connectivity index is 2.18. The lowest BCUT2D eigenvalue weighted by atomic mass is 9.68. The van der Waals surface area contributed by atoms with Crippen molar-refractivity contribution in [3.8, 4) is 0 Å². The summed E-state index contributed by atoms with van der Waals surface area (Å²) in [5.74, 6) is 1.10. The van der Waals surface area contributed by atoms with E-state index in [4.69, 9.17) is 18.6 Å². The molecule has 0 aromatic rings. The van der Waals surface area contributed by atoms with E-state index >= 15 is 0 Å². The molecule has 0 unspecified atom stereocenters. The van der Waals surface area contributed by atoms with Gasteiger partial charge in [0.15, 0.2) is 8.32 Å². The van der Waals surface area contributed by atoms with Crippen molar-refractivity contribution in [2.24, 2.45) is 11.8 Å². The number of likely N-dealkylation sites (tertiary alicyclic amines) is 1. The molecular weight excluding hydrogens is 494 g/mol. The average molecular weight is 556 g/mol. The van der Waals surface area contributed by atoms with Crippen molar-refractivity contribution in [1.29, 1.82) is 0 Å². The molecule has 2 fully saturated rings. The first-order chi connectivity index (χ1) is 17.6. The van der Waals surface area contributed by atoms with Crippen LogP contribution in [0.5, 0.6) is 0 Å². The van der Waals surface area contributed by atoms with E-state index in [1.165, 1.54) is 32.1 Å². The van der Waals surface area contributed by atoms with Crippen molar-refractivity contribution < 1.29 is 23.4 Å². The molecule has 1 saturated carbocycles. The molecule has 0 aromatic heterocycles. The van der Waals surface area contributed by atoms with Gasteiger partial charge in [0.05, 0.1) is 18.2 Å². The summed E-state index contributed by atoms with van der Waals surface area (Å²) >= 11 is 0. The molecule has 1 aliphatic heterocycles. The van der Waals surface area contributed by atoms with E-state index < -0.39 is 13.9 Å². The number of carbonyl (C=O) groups excluding carboxylic acids is 1. The lowest BCUT2D eigenvalue weighted by Crippen LogP contribution is -2.63. The number of hydrogen-bond donors (Lipinski definition) is 0. The Morgan fingerprint density at radius 1 is 1.05 bits per heavy atom. The average Bonchev–Trinajstić information content (AvgIpc) is 2.78. The number of rotatable bonds is 12. The van der Waals surface area contributed by atoms with Gasteiger partial charge < -0.3 is 18.6 Å². The third-order valence-corrected chi connectivity index (χ3v) is 13.8. The Morgan fingerprint density at radius 2 is 1.74 bits per heavy atom. The fourth-order valence-corrected chi connectivity index (χ4v) is 7.63. The van der Waals surface area contributed by atoms with E-state index in [9.17, 15) is 4.79 Å². The number of hydrogen-bond acceptors (Lipinski definition) is 5. The number of fused-ring (bicyclic) bond motifs is 1. The van der Waals surface area contributed by atoms with Crippen LogP contribution >= 0.6 is 0 Å². The molecule has 0 aromatic carbocycles. The van der Waals surface area contributed by atoms with Crippen LogP contribution in [0.15, 0.2) is 0 Å². The van der Waals surface area contributed by atoms with Gasteiger partial charge >= 0.3 is 6.09 Å². The zero-order chi connectivity index (χ0) is 28.7. The summed E-state index contributed by atoms with van der Waals surface area (Å²) in [4.78, 5) is 15.7. The van der Waals surface area contributed by atoms with Gasteiger partial charge in [0.25, 0.3) is 0 Å². The van der Waals surface area contributed by atoms with E-state index in [1.807, 2.05) is 20.8 Å². The van der Waals surface area contributed by atoms with Gasteiger partial charge in [0.2, 0.25) is 0 Å². The summed E-state index contributed by atoms with van der Waals surface area (Å²) in [6, 6.07) is 0.266. The molecule has 1 saturated heterocycles. The number of carbonyl (C=O) groups is 1. The van der Waals surface area contributed by atoms with Crippen LogP contribution in [-0.2, 0) is 18.6 Å². The minimum atomic E-state index is -1.99. The molecule has 0 bridgehead atoms. The monoisotopic (exact) mass is 555 g/mol. The number of nitrogens with zero attached hydrogens (tertiary/aromatic N) is 1. The van der Waals surface area contributed by atoms with Crippen LogP contribution in [0.1, 0.15) is 120 Å². The quantitative estimate of drug-likeness (QED) is 0.137. The van der Waals surface area contributed by atoms with Crippen LogP contribution in [-0.4, -0.2) is 63.1 Å². The van der Waals surface area contributed by atoms with E-state index in [0.717, 1.165) is 32.1 Å². The van der Waals surface area contributed by atoms with E-state index in [2.05, 4.69) is 52.6 Å². The third-order valence-electron chi connectivity index (χ3n) is 9.25. The van der Waals surface area contributed by atoms with Gasteiger partial charge in [-0.15, -0.1) is 0 Å². The van der Waals surface area contributed by atoms with Crippen LogP contribution in [0.2, 0.25) is 18.1 Å². The van der Waals surface area contributed by atoms with Crippen molar-refractivity contribution in [3.63, 3.8) is 0 Å². The first-order valence-electron chi connectivity index (χ1n) is 15.4. The van der Waals surface area contributed by atoms with E-state index in [1.54, 1.807) is 7.11 Å². The van der Waals surface area contributed by atoms with Crippen molar-refractivity contribution in [2.45, 2.75) is 168 Å². The maximum Gasteiger partial charge on any atom is 0.410 e. The van der Waals surface area contributed by atoms with Crippen LogP contribution in [0.25, 0.3) is 0 Å². The van der Waals surface area contributed by atoms with Gasteiger partial charge in [-0.3, -0.25) is 4.90 Å². The highest BCUT2D eigenvalue weighted by atomic mass is 28.4. The summed E-state index contributed by atoms with van der Waals surface area (Å²) in [5.41, 5.74) is -0.506. The molecule has 6 atom stereocenters. The van der Waals surface area contributed by atoms with Gasteiger partial charge in [-0.05, 0) is 83.3 Å². The molecule has 2 aliphatic rings. The first-order valence-corrected chi connectivity index (χ1v) is 18.3. The molecule has 38 heavy (non-hydrogen) atoms. The van der Waals surface area contributed by atoms with Crippen LogP contribution in [0.4, 0.5) is 4.79 Å². The maximum atomic E-state index is 13.6. The van der Waals surface area contributed by atoms with Crippen LogP contribution in [0, 0.1) is 11.8 Å². The topological polar surface area (TPSA) is 57.2 Å². The Hall–Kier alpha value is -0.633. The fourth-order valence-electron chi connectivity index (χ4n) is 6.23. The van der Waals surface area contributed by atoms with Crippen molar-refractivity contribution in [3.05, 3.63) is 0 Å². The zero-order valence-electron chi connectivity index (χ0n) is 26.7. The largest absolute Gasteiger partial charge is 0.444 e. The smallest absolute Gasteiger partial charge is 0.410 e. The second-order valence-corrected chi connectivity index (χ2v) is 19.2. The van der Waals surface area contributed by atoms with Crippen molar-refractivity contribution in [2.75, 3.05) is 13.9 Å². The van der Waals surface area contributed by atoms with Gasteiger partial charge in [0, 0.05) is 13.2 Å². The summed E-state index contributed by atoms with van der Waals surface area (Å²) in [6.45, 7) is 22.2. The molecule has 0 radical (unpaired) electrons. The lowest BCUT2D eigenvalue weighted by molar-refractivity contribution is -0.0803. The molecule has 2 rings (SSSR count). The van der Waals surface area contributed by atoms with Gasteiger partial charge in [-0.1, -0.05) is 66.2 Å². The van der Waals surface area contributed by atoms with Crippen LogP contribution in [0.3, 0.4) is 0 Å². The number of ether oxygens (including phenoxy) is 3. The van der Waals surface area contributed by atoms with Crippen molar-refractivity contribution in [1.82, 2.24) is 4.90 Å². The molecule has 6 nitrogen and oxygen atoms in total. The van der Waals surface area contributed by atoms with Crippen LogP contribution < -0.4 is 0 Å². The summed E-state index contributed by atoms with van der Waals surface area (Å²) in [5, 5.41) is 0.131. The Morgan fingerprint density at radius 3 is 2.32 bits per heavy atom. The van der Waals surface area contributed by atoms with Gasteiger partial charge in [0.1, 0.15) is 12.4 Å². The van der Waals surface area contributed by atoms with Gasteiger partial charge in [-0.2, -0.15) is 0 Å². The predicted octanol–water partition coefficient (Wildman–Crippen LogP) is 8.54. The molecule has 1 amide bonds. The standard InChI is InChI=1S/C31H61NO5Si/c1-12-16-25(35-22-34-9)19-14-13-17-24-18-15-20-27-26(24)21-28(37-38(10,11)31(6,7)8)23(2)32(27)29(33)36-30(3,4)5/h23-28H,12-22H2,1-11H3/t23-,24-,25+,26-,27+,28+/m0/s1. The summed E-state index contributed by atoms with van der Waals surface area (Å²) < 4.78 is 24.1. The lowest BCUT2D eigenvalue weighted by Gasteiger charge is -2.55. The minimum Gasteiger partial charge on any atom is -0.444 e. The first kappa shape index (κ1) is 33.6. The van der Waals surface area contributed by atoms with Crippen molar-refractivity contribution >= 4 is 14.4 Å². The fraction of sp³-hybridized carbons (Fsp3) is 0.968. The Bertz CT molecular complexity index is 716. The Kier molecular flexibility index (Phi) is 12.6. The summed E-state index contributed by atoms with van der Waals surface area (Å²) in [6.07, 6.45) is 11.7. The molecule has 224 valence electrons. The second kappa shape index (κ2) is 14.3. The molecule has 7 heteroatoms. The van der Waals surface area contributed by atoms with Gasteiger partial charge in [-0.25, -0.2) is 4.79 Å². The molecular formula is C31H61NO5Si. The SMILES string of the molecule is CCC[C@H](CCCC[C@H]1CCC[C@@H]2[C@H]1C[C@@H](O[Si](C)(C)C(C)(C)C)[C@H](C)N2C(=O)OC(C)(C)C)OCOC. The molecule has 0 N–H and O–H groups in total. The number of piperidine rings is 1. The summed E-state index contributed by atoms with van der Waals surface area (Å²) in [7, 11) is -0.299. The van der Waals surface area contributed by atoms with E-state index in [-0.39, 0.29) is 29.3 Å². The highest BCUT2D eigenvalue weighted by Gasteiger charge is 2.51. The molecule has 1 aliphatic carbocycles. The number of methoxy groups -OCH3 is 1. The Labute approximate surface area is 236 Å². The third kappa shape index (κ3) is 9.48. The molecule has 0 spiro atoms.